The first-order chi connectivity index (χ1) is 8.08. The molecule has 0 saturated heterocycles. The van der Waals surface area contributed by atoms with Crippen molar-refractivity contribution in [3.63, 3.8) is 0 Å². The van der Waals surface area contributed by atoms with Crippen molar-refractivity contribution in [3.05, 3.63) is 55.7 Å². The number of hydrogen-bond acceptors (Lipinski definition) is 1. The molecule has 0 spiro atoms. The largest absolute Gasteiger partial charge is 0.147 e. The van der Waals surface area contributed by atoms with Crippen molar-refractivity contribution >= 4 is 46.1 Å². The second kappa shape index (κ2) is 5.62. The third-order valence-electron chi connectivity index (χ3n) is 2.59. The lowest BCUT2D eigenvalue weighted by Gasteiger charge is -2.09. The van der Waals surface area contributed by atoms with E-state index in [1.165, 1.54) is 10.4 Å². The molecule has 0 radical (unpaired) electrons. The van der Waals surface area contributed by atoms with Gasteiger partial charge < -0.3 is 0 Å². The third kappa shape index (κ3) is 3.17. The number of thiophene rings is 1. The molecule has 1 aromatic heterocycles. The monoisotopic (exact) mass is 304 g/mol. The molecule has 0 nitrogen and oxygen atoms in total. The van der Waals surface area contributed by atoms with E-state index in [1.54, 1.807) is 11.3 Å². The Morgan fingerprint density at radius 1 is 1.18 bits per heavy atom. The normalized spacial score (nSPS) is 12.7. The van der Waals surface area contributed by atoms with E-state index in [9.17, 15) is 0 Å². The predicted molar refractivity (Wildman–Crippen MR) is 77.8 cm³/mol. The van der Waals surface area contributed by atoms with Crippen LogP contribution in [0.3, 0.4) is 0 Å². The topological polar surface area (TPSA) is 0 Å². The Labute approximate surface area is 120 Å². The Bertz CT molecular complexity index is 519. The summed E-state index contributed by atoms with van der Waals surface area (Å²) >= 11 is 20.0. The minimum absolute atomic E-state index is 0.00718. The van der Waals surface area contributed by atoms with Gasteiger partial charge in [-0.15, -0.1) is 22.9 Å². The molecule has 0 aliphatic heterocycles. The second-order valence-corrected chi connectivity index (χ2v) is 6.18. The summed E-state index contributed by atoms with van der Waals surface area (Å²) in [6.45, 7) is 2.08. The lowest BCUT2D eigenvalue weighted by molar-refractivity contribution is 0.932. The van der Waals surface area contributed by atoms with Gasteiger partial charge in [-0.1, -0.05) is 29.3 Å². The van der Waals surface area contributed by atoms with Gasteiger partial charge in [0.25, 0.3) is 0 Å². The summed E-state index contributed by atoms with van der Waals surface area (Å²) in [6.07, 6.45) is 0.764. The fourth-order valence-corrected chi connectivity index (χ4v) is 3.40. The zero-order chi connectivity index (χ0) is 12.4. The lowest BCUT2D eigenvalue weighted by atomic mass is 10.1. The van der Waals surface area contributed by atoms with Crippen molar-refractivity contribution in [2.75, 3.05) is 0 Å². The molecule has 1 heterocycles. The summed E-state index contributed by atoms with van der Waals surface area (Å²) in [5.74, 6) is 0. The maximum Gasteiger partial charge on any atom is 0.0721 e. The summed E-state index contributed by atoms with van der Waals surface area (Å²) < 4.78 is 0. The van der Waals surface area contributed by atoms with Crippen LogP contribution in [-0.2, 0) is 6.42 Å². The number of hydrogen-bond donors (Lipinski definition) is 0. The molecule has 0 bridgehead atoms. The molecule has 0 amide bonds. The molecule has 0 saturated carbocycles. The zero-order valence-electron chi connectivity index (χ0n) is 9.21. The van der Waals surface area contributed by atoms with Gasteiger partial charge in [0.2, 0.25) is 0 Å². The van der Waals surface area contributed by atoms with E-state index in [0.29, 0.717) is 10.0 Å². The fourth-order valence-electron chi connectivity index (χ4n) is 1.67. The second-order valence-electron chi connectivity index (χ2n) is 3.89. The maximum atomic E-state index is 6.41. The van der Waals surface area contributed by atoms with Crippen LogP contribution in [0.15, 0.2) is 29.6 Å². The van der Waals surface area contributed by atoms with Gasteiger partial charge in [-0.2, -0.15) is 0 Å². The van der Waals surface area contributed by atoms with E-state index in [4.69, 9.17) is 34.8 Å². The van der Waals surface area contributed by atoms with Crippen LogP contribution in [0.4, 0.5) is 0 Å². The van der Waals surface area contributed by atoms with Crippen molar-refractivity contribution in [3.8, 4) is 0 Å². The molecule has 0 fully saturated rings. The average Bonchev–Trinajstić information content (AvgIpc) is 2.70. The number of halogens is 3. The molecule has 0 N–H and O–H groups in total. The molecule has 1 aromatic carbocycles. The van der Waals surface area contributed by atoms with Gasteiger partial charge in [0.15, 0.2) is 0 Å². The molecule has 1 unspecified atom stereocenters. The quantitative estimate of drug-likeness (QED) is 0.621. The highest BCUT2D eigenvalue weighted by atomic mass is 35.5. The first kappa shape index (κ1) is 13.2. The standard InChI is InChI=1S/C13H11Cl3S/c1-8-4-5-17-13(8)12(16)7-9-2-3-10(14)11(15)6-9/h2-6,12H,7H2,1H3. The van der Waals surface area contributed by atoms with Gasteiger partial charge in [0.05, 0.1) is 15.4 Å². The van der Waals surface area contributed by atoms with Gasteiger partial charge >= 0.3 is 0 Å². The molecule has 90 valence electrons. The van der Waals surface area contributed by atoms with E-state index < -0.39 is 0 Å². The Hall–Kier alpha value is -0.210. The van der Waals surface area contributed by atoms with Crippen LogP contribution in [0, 0.1) is 6.92 Å². The number of alkyl halides is 1. The number of rotatable bonds is 3. The lowest BCUT2D eigenvalue weighted by Crippen LogP contribution is -1.95. The summed E-state index contributed by atoms with van der Waals surface area (Å²) in [5.41, 5.74) is 2.35. The van der Waals surface area contributed by atoms with E-state index in [2.05, 4.69) is 18.4 Å². The zero-order valence-corrected chi connectivity index (χ0v) is 12.3. The smallest absolute Gasteiger partial charge is 0.0721 e. The van der Waals surface area contributed by atoms with Crippen molar-refractivity contribution in [1.29, 1.82) is 0 Å². The minimum Gasteiger partial charge on any atom is -0.147 e. The van der Waals surface area contributed by atoms with Crippen LogP contribution in [0.2, 0.25) is 10.0 Å². The highest BCUT2D eigenvalue weighted by Gasteiger charge is 2.13. The first-order valence-corrected chi connectivity index (χ1v) is 7.27. The summed E-state index contributed by atoms with van der Waals surface area (Å²) in [4.78, 5) is 1.22. The molecule has 4 heteroatoms. The third-order valence-corrected chi connectivity index (χ3v) is 4.96. The Morgan fingerprint density at radius 2 is 1.94 bits per heavy atom. The molecular formula is C13H11Cl3S. The van der Waals surface area contributed by atoms with E-state index in [1.807, 2.05) is 18.2 Å². The van der Waals surface area contributed by atoms with Gasteiger partial charge in [-0.3, -0.25) is 0 Å². The molecular weight excluding hydrogens is 295 g/mol. The van der Waals surface area contributed by atoms with Crippen LogP contribution in [0.5, 0.6) is 0 Å². The molecule has 2 aromatic rings. The average molecular weight is 306 g/mol. The van der Waals surface area contributed by atoms with E-state index in [0.717, 1.165) is 12.0 Å². The van der Waals surface area contributed by atoms with Crippen molar-refractivity contribution < 1.29 is 0 Å². The van der Waals surface area contributed by atoms with Crippen LogP contribution in [0.25, 0.3) is 0 Å². The van der Waals surface area contributed by atoms with Crippen molar-refractivity contribution in [1.82, 2.24) is 0 Å². The molecule has 0 aliphatic carbocycles. The van der Waals surface area contributed by atoms with Gasteiger partial charge in [0, 0.05) is 4.88 Å². The molecule has 1 atom stereocenters. The van der Waals surface area contributed by atoms with E-state index in [-0.39, 0.29) is 5.38 Å². The van der Waals surface area contributed by atoms with Crippen molar-refractivity contribution in [2.45, 2.75) is 18.7 Å². The van der Waals surface area contributed by atoms with Crippen LogP contribution in [-0.4, -0.2) is 0 Å². The highest BCUT2D eigenvalue weighted by Crippen LogP contribution is 2.33. The van der Waals surface area contributed by atoms with Gasteiger partial charge in [-0.25, -0.2) is 0 Å². The van der Waals surface area contributed by atoms with Gasteiger partial charge in [0.1, 0.15) is 0 Å². The van der Waals surface area contributed by atoms with Crippen molar-refractivity contribution in [2.24, 2.45) is 0 Å². The number of aryl methyl sites for hydroxylation is 1. The summed E-state index contributed by atoms with van der Waals surface area (Å²) in [5, 5.41) is 3.21. The fraction of sp³-hybridized carbons (Fsp3) is 0.231. The SMILES string of the molecule is Cc1ccsc1C(Cl)Cc1ccc(Cl)c(Cl)c1. The van der Waals surface area contributed by atoms with Gasteiger partial charge in [-0.05, 0) is 48.1 Å². The van der Waals surface area contributed by atoms with E-state index >= 15 is 0 Å². The first-order valence-electron chi connectivity index (χ1n) is 5.20. The highest BCUT2D eigenvalue weighted by molar-refractivity contribution is 7.10. The summed E-state index contributed by atoms with van der Waals surface area (Å²) in [6, 6.07) is 7.74. The molecule has 0 aliphatic rings. The van der Waals surface area contributed by atoms with Crippen LogP contribution < -0.4 is 0 Å². The number of benzene rings is 1. The Morgan fingerprint density at radius 3 is 2.53 bits per heavy atom. The Balaban J connectivity index is 2.16. The maximum absolute atomic E-state index is 6.41. The van der Waals surface area contributed by atoms with Crippen LogP contribution in [0.1, 0.15) is 21.4 Å². The summed E-state index contributed by atoms with van der Waals surface area (Å²) in [7, 11) is 0. The predicted octanol–water partition coefficient (Wildman–Crippen LogP) is 5.89. The van der Waals surface area contributed by atoms with Crippen LogP contribution >= 0.6 is 46.1 Å². The molecule has 17 heavy (non-hydrogen) atoms. The minimum atomic E-state index is -0.00718. The Kier molecular flexibility index (Phi) is 4.37. The molecule has 2 rings (SSSR count).